The molecule has 0 fully saturated rings. The predicted octanol–water partition coefficient (Wildman–Crippen LogP) is 1.97. The molecule has 0 spiro atoms. The number of hydrogen-bond donors (Lipinski definition) is 2. The summed E-state index contributed by atoms with van der Waals surface area (Å²) in [7, 11) is 3.51. The average molecular weight is 302 g/mol. The maximum absolute atomic E-state index is 11.5. The highest BCUT2D eigenvalue weighted by atomic mass is 16.4. The molecule has 0 unspecified atom stereocenters. The lowest BCUT2D eigenvalue weighted by Gasteiger charge is -2.15. The van der Waals surface area contributed by atoms with E-state index in [9.17, 15) is 9.59 Å². The van der Waals surface area contributed by atoms with Crippen molar-refractivity contribution in [2.45, 2.75) is 13.1 Å². The topological polar surface area (TPSA) is 82.8 Å². The van der Waals surface area contributed by atoms with Crippen LogP contribution in [-0.2, 0) is 13.1 Å². The van der Waals surface area contributed by atoms with Gasteiger partial charge in [-0.05, 0) is 36.9 Å². The van der Waals surface area contributed by atoms with Gasteiger partial charge in [0.1, 0.15) is 5.76 Å². The van der Waals surface area contributed by atoms with Crippen LogP contribution in [0.15, 0.2) is 40.8 Å². The largest absolute Gasteiger partial charge is 0.475 e. The molecule has 2 N–H and O–H groups in total. The number of nitrogens with one attached hydrogen (secondary N) is 1. The Balaban J connectivity index is 1.94. The van der Waals surface area contributed by atoms with Gasteiger partial charge in [0.15, 0.2) is 0 Å². The summed E-state index contributed by atoms with van der Waals surface area (Å²) in [4.78, 5) is 24.2. The third-order valence-electron chi connectivity index (χ3n) is 3.19. The first kappa shape index (κ1) is 15.8. The summed E-state index contributed by atoms with van der Waals surface area (Å²) in [6, 6.07) is 10.4. The van der Waals surface area contributed by atoms with E-state index in [4.69, 9.17) is 9.52 Å². The number of furan rings is 1. The molecule has 0 atom stereocenters. The first-order valence-corrected chi connectivity index (χ1v) is 6.81. The Bertz CT molecular complexity index is 661. The van der Waals surface area contributed by atoms with Gasteiger partial charge < -0.3 is 14.8 Å². The number of amides is 1. The lowest BCUT2D eigenvalue weighted by atomic mass is 10.1. The van der Waals surface area contributed by atoms with E-state index in [1.807, 2.05) is 24.1 Å². The molecule has 0 saturated carbocycles. The van der Waals surface area contributed by atoms with E-state index in [0.29, 0.717) is 24.4 Å². The normalized spacial score (nSPS) is 10.7. The van der Waals surface area contributed by atoms with Gasteiger partial charge in [0.2, 0.25) is 5.76 Å². The number of carboxylic acids is 1. The van der Waals surface area contributed by atoms with Crippen molar-refractivity contribution in [3.8, 4) is 0 Å². The van der Waals surface area contributed by atoms with Gasteiger partial charge in [0.05, 0.1) is 6.54 Å². The molecule has 0 aliphatic heterocycles. The lowest BCUT2D eigenvalue weighted by Crippen LogP contribution is -2.19. The van der Waals surface area contributed by atoms with E-state index in [-0.39, 0.29) is 11.7 Å². The predicted molar refractivity (Wildman–Crippen MR) is 80.7 cm³/mol. The van der Waals surface area contributed by atoms with Crippen LogP contribution in [0.4, 0.5) is 0 Å². The van der Waals surface area contributed by atoms with Crippen molar-refractivity contribution in [1.82, 2.24) is 10.2 Å². The van der Waals surface area contributed by atoms with Crippen LogP contribution in [0.1, 0.15) is 32.2 Å². The fourth-order valence-corrected chi connectivity index (χ4v) is 2.12. The lowest BCUT2D eigenvalue weighted by molar-refractivity contribution is 0.0658. The zero-order valence-electron chi connectivity index (χ0n) is 12.5. The monoisotopic (exact) mass is 302 g/mol. The maximum Gasteiger partial charge on any atom is 0.371 e. The molecule has 1 aromatic carbocycles. The van der Waals surface area contributed by atoms with Gasteiger partial charge in [-0.2, -0.15) is 0 Å². The Labute approximate surface area is 128 Å². The number of rotatable bonds is 6. The van der Waals surface area contributed by atoms with Crippen molar-refractivity contribution >= 4 is 11.9 Å². The molecule has 1 aromatic heterocycles. The summed E-state index contributed by atoms with van der Waals surface area (Å²) in [6.45, 7) is 1.17. The molecule has 1 amide bonds. The van der Waals surface area contributed by atoms with Crippen LogP contribution < -0.4 is 5.32 Å². The van der Waals surface area contributed by atoms with Crippen molar-refractivity contribution in [2.24, 2.45) is 0 Å². The van der Waals surface area contributed by atoms with Crippen molar-refractivity contribution in [1.29, 1.82) is 0 Å². The molecule has 0 saturated heterocycles. The molecule has 1 heterocycles. The van der Waals surface area contributed by atoms with Gasteiger partial charge in [-0.1, -0.05) is 12.1 Å². The fourth-order valence-electron chi connectivity index (χ4n) is 2.12. The standard InChI is InChI=1S/C16H18N2O4/c1-17-15(19)12-5-3-11(4-6-12)9-18(2)10-13-7-8-14(22-13)16(20)21/h3-8H,9-10H2,1-2H3,(H,17,19)(H,20,21). The first-order chi connectivity index (χ1) is 10.5. The Morgan fingerprint density at radius 3 is 2.36 bits per heavy atom. The number of carboxylic acid groups (broad SMARTS) is 1. The van der Waals surface area contributed by atoms with E-state index in [1.54, 1.807) is 25.2 Å². The van der Waals surface area contributed by atoms with Gasteiger partial charge >= 0.3 is 5.97 Å². The van der Waals surface area contributed by atoms with Crippen LogP contribution in [0.2, 0.25) is 0 Å². The Morgan fingerprint density at radius 1 is 1.14 bits per heavy atom. The number of aromatic carboxylic acids is 1. The molecular weight excluding hydrogens is 284 g/mol. The summed E-state index contributed by atoms with van der Waals surface area (Å²) in [6.07, 6.45) is 0. The van der Waals surface area contributed by atoms with Gasteiger partial charge in [-0.25, -0.2) is 4.79 Å². The van der Waals surface area contributed by atoms with E-state index in [1.165, 1.54) is 6.07 Å². The fraction of sp³-hybridized carbons (Fsp3) is 0.250. The van der Waals surface area contributed by atoms with Crippen molar-refractivity contribution in [3.63, 3.8) is 0 Å². The summed E-state index contributed by atoms with van der Waals surface area (Å²) in [5, 5.41) is 11.4. The molecule has 0 bridgehead atoms. The number of carbonyl (C=O) groups is 2. The number of benzene rings is 1. The van der Waals surface area contributed by atoms with Crippen molar-refractivity contribution < 1.29 is 19.1 Å². The minimum absolute atomic E-state index is 0.0571. The van der Waals surface area contributed by atoms with Gasteiger partial charge in [-0.15, -0.1) is 0 Å². The van der Waals surface area contributed by atoms with Crippen LogP contribution in [0, 0.1) is 0 Å². The average Bonchev–Trinajstić information content (AvgIpc) is 2.95. The maximum atomic E-state index is 11.5. The molecule has 2 rings (SSSR count). The van der Waals surface area contributed by atoms with E-state index in [2.05, 4.69) is 5.32 Å². The van der Waals surface area contributed by atoms with Crippen LogP contribution in [-0.4, -0.2) is 36.0 Å². The van der Waals surface area contributed by atoms with Crippen LogP contribution in [0.25, 0.3) is 0 Å². The van der Waals surface area contributed by atoms with Crippen LogP contribution in [0.5, 0.6) is 0 Å². The van der Waals surface area contributed by atoms with Crippen molar-refractivity contribution in [3.05, 3.63) is 59.0 Å². The molecule has 22 heavy (non-hydrogen) atoms. The third kappa shape index (κ3) is 3.95. The molecule has 116 valence electrons. The summed E-state index contributed by atoms with van der Waals surface area (Å²) in [5.74, 6) is -0.643. The van der Waals surface area contributed by atoms with E-state index in [0.717, 1.165) is 5.56 Å². The second-order valence-corrected chi connectivity index (χ2v) is 5.02. The van der Waals surface area contributed by atoms with E-state index >= 15 is 0 Å². The molecule has 0 aliphatic carbocycles. The van der Waals surface area contributed by atoms with Gasteiger partial charge in [0, 0.05) is 19.2 Å². The number of nitrogens with zero attached hydrogens (tertiary/aromatic N) is 1. The Hall–Kier alpha value is -2.60. The summed E-state index contributed by atoms with van der Waals surface area (Å²) >= 11 is 0. The zero-order chi connectivity index (χ0) is 16.1. The Kier molecular flexibility index (Phi) is 4.95. The van der Waals surface area contributed by atoms with Crippen LogP contribution in [0.3, 0.4) is 0 Å². The van der Waals surface area contributed by atoms with Gasteiger partial charge in [0.25, 0.3) is 5.91 Å². The molecule has 2 aromatic rings. The minimum Gasteiger partial charge on any atom is -0.475 e. The highest BCUT2D eigenvalue weighted by Gasteiger charge is 2.11. The molecular formula is C16H18N2O4. The summed E-state index contributed by atoms with van der Waals surface area (Å²) < 4.78 is 5.22. The quantitative estimate of drug-likeness (QED) is 0.852. The Morgan fingerprint density at radius 2 is 1.82 bits per heavy atom. The minimum atomic E-state index is -1.07. The van der Waals surface area contributed by atoms with E-state index < -0.39 is 5.97 Å². The highest BCUT2D eigenvalue weighted by Crippen LogP contribution is 2.12. The molecule has 6 nitrogen and oxygen atoms in total. The zero-order valence-corrected chi connectivity index (χ0v) is 12.5. The van der Waals surface area contributed by atoms with Crippen molar-refractivity contribution in [2.75, 3.05) is 14.1 Å². The molecule has 0 radical (unpaired) electrons. The SMILES string of the molecule is CNC(=O)c1ccc(CN(C)Cc2ccc(C(=O)O)o2)cc1. The summed E-state index contributed by atoms with van der Waals surface area (Å²) in [5.41, 5.74) is 1.67. The second kappa shape index (κ2) is 6.91. The van der Waals surface area contributed by atoms with Gasteiger partial charge in [-0.3, -0.25) is 9.69 Å². The molecule has 0 aliphatic rings. The first-order valence-electron chi connectivity index (χ1n) is 6.81. The smallest absolute Gasteiger partial charge is 0.371 e. The highest BCUT2D eigenvalue weighted by molar-refractivity contribution is 5.93. The second-order valence-electron chi connectivity index (χ2n) is 5.02. The van der Waals surface area contributed by atoms with Crippen LogP contribution >= 0.6 is 0 Å². The number of hydrogen-bond acceptors (Lipinski definition) is 4. The third-order valence-corrected chi connectivity index (χ3v) is 3.19. The molecule has 6 heteroatoms. The number of carbonyl (C=O) groups excluding carboxylic acids is 1.